The number of likely N-dealkylation sites (tertiary alicyclic amines) is 1. The summed E-state index contributed by atoms with van der Waals surface area (Å²) in [6.45, 7) is 4.65. The van der Waals surface area contributed by atoms with Crippen molar-refractivity contribution >= 4 is 11.7 Å². The Kier molecular flexibility index (Phi) is 5.91. The molecule has 0 spiro atoms. The van der Waals surface area contributed by atoms with Crippen molar-refractivity contribution in [3.8, 4) is 0 Å². The largest absolute Gasteiger partial charge is 0.481 e. The van der Waals surface area contributed by atoms with Crippen LogP contribution in [0.2, 0.25) is 0 Å². The van der Waals surface area contributed by atoms with E-state index in [1.54, 1.807) is 12.1 Å². The standard InChI is InChI=1S/C20H27FN2O3/c1-2-3-10-23-11-4-9-20(14-23,19(24)25)13-17-12-18(22-26-17)15-5-7-16(21)8-6-15/h5-8,17H,2-4,9-14H2,1H3,(H,24,25)/t17-,20+/m1/s1. The molecule has 0 aromatic heterocycles. The molecule has 6 heteroatoms. The first-order valence-corrected chi connectivity index (χ1v) is 9.47. The number of carbonyl (C=O) groups is 1. The van der Waals surface area contributed by atoms with Gasteiger partial charge in [0.15, 0.2) is 0 Å². The number of piperidine rings is 1. The Balaban J connectivity index is 1.64. The molecule has 2 aliphatic rings. The van der Waals surface area contributed by atoms with Gasteiger partial charge in [-0.15, -0.1) is 0 Å². The third kappa shape index (κ3) is 4.23. The summed E-state index contributed by atoms with van der Waals surface area (Å²) in [5.74, 6) is -1.03. The van der Waals surface area contributed by atoms with Gasteiger partial charge in [-0.05, 0) is 50.0 Å². The van der Waals surface area contributed by atoms with E-state index < -0.39 is 11.4 Å². The predicted molar refractivity (Wildman–Crippen MR) is 97.7 cm³/mol. The molecule has 1 saturated heterocycles. The minimum atomic E-state index is -0.773. The molecule has 3 rings (SSSR count). The average molecular weight is 362 g/mol. The Bertz CT molecular complexity index is 662. The van der Waals surface area contributed by atoms with Crippen LogP contribution in [0.25, 0.3) is 0 Å². The summed E-state index contributed by atoms with van der Waals surface area (Å²) < 4.78 is 13.1. The molecule has 26 heavy (non-hydrogen) atoms. The van der Waals surface area contributed by atoms with Crippen LogP contribution in [0.3, 0.4) is 0 Å². The number of aliphatic carboxylic acids is 1. The summed E-state index contributed by atoms with van der Waals surface area (Å²) in [6.07, 6.45) is 4.56. The van der Waals surface area contributed by atoms with Crippen molar-refractivity contribution in [3.05, 3.63) is 35.6 Å². The maximum absolute atomic E-state index is 13.1. The minimum Gasteiger partial charge on any atom is -0.481 e. The first-order chi connectivity index (χ1) is 12.5. The number of carboxylic acids is 1. The molecule has 0 bridgehead atoms. The van der Waals surface area contributed by atoms with Crippen LogP contribution in [0.4, 0.5) is 4.39 Å². The first kappa shape index (κ1) is 18.8. The zero-order chi connectivity index (χ0) is 18.6. The van der Waals surface area contributed by atoms with Crippen molar-refractivity contribution in [1.82, 2.24) is 4.90 Å². The van der Waals surface area contributed by atoms with Crippen molar-refractivity contribution in [2.75, 3.05) is 19.6 Å². The number of benzene rings is 1. The Morgan fingerprint density at radius 1 is 1.42 bits per heavy atom. The molecule has 0 radical (unpaired) electrons. The van der Waals surface area contributed by atoms with Gasteiger partial charge in [-0.1, -0.05) is 30.6 Å². The Hall–Kier alpha value is -1.95. The Labute approximate surface area is 153 Å². The zero-order valence-electron chi connectivity index (χ0n) is 15.3. The molecular weight excluding hydrogens is 335 g/mol. The lowest BCUT2D eigenvalue weighted by Crippen LogP contribution is -2.49. The van der Waals surface area contributed by atoms with Gasteiger partial charge in [0.05, 0.1) is 11.1 Å². The number of oxime groups is 1. The number of unbranched alkanes of at least 4 members (excludes halogenated alkanes) is 1. The van der Waals surface area contributed by atoms with Gasteiger partial charge in [0.25, 0.3) is 0 Å². The highest BCUT2D eigenvalue weighted by atomic mass is 19.1. The van der Waals surface area contributed by atoms with Crippen LogP contribution in [-0.4, -0.2) is 47.4 Å². The van der Waals surface area contributed by atoms with Crippen LogP contribution in [0.5, 0.6) is 0 Å². The van der Waals surface area contributed by atoms with Crippen LogP contribution < -0.4 is 0 Å². The fraction of sp³-hybridized carbons (Fsp3) is 0.600. The summed E-state index contributed by atoms with van der Waals surface area (Å²) in [6, 6.07) is 6.16. The predicted octanol–water partition coefficient (Wildman–Crippen LogP) is 3.68. The topological polar surface area (TPSA) is 62.1 Å². The molecule has 5 nitrogen and oxygen atoms in total. The Morgan fingerprint density at radius 3 is 2.88 bits per heavy atom. The van der Waals surface area contributed by atoms with Gasteiger partial charge in [-0.25, -0.2) is 4.39 Å². The fourth-order valence-electron chi connectivity index (χ4n) is 4.01. The van der Waals surface area contributed by atoms with E-state index in [4.69, 9.17) is 4.84 Å². The minimum absolute atomic E-state index is 0.239. The van der Waals surface area contributed by atoms with E-state index in [2.05, 4.69) is 17.0 Å². The molecule has 2 heterocycles. The third-order valence-electron chi connectivity index (χ3n) is 5.47. The van der Waals surface area contributed by atoms with Crippen LogP contribution in [0, 0.1) is 11.2 Å². The van der Waals surface area contributed by atoms with Crippen molar-refractivity contribution in [3.63, 3.8) is 0 Å². The molecule has 0 saturated carbocycles. The van der Waals surface area contributed by atoms with Crippen LogP contribution in [0.1, 0.15) is 51.0 Å². The molecule has 2 aliphatic heterocycles. The maximum atomic E-state index is 13.1. The van der Waals surface area contributed by atoms with Gasteiger partial charge < -0.3 is 14.8 Å². The van der Waals surface area contributed by atoms with Crippen molar-refractivity contribution in [1.29, 1.82) is 0 Å². The highest BCUT2D eigenvalue weighted by Gasteiger charge is 2.45. The molecule has 1 aromatic rings. The van der Waals surface area contributed by atoms with Gasteiger partial charge in [0, 0.05) is 19.4 Å². The molecule has 1 fully saturated rings. The van der Waals surface area contributed by atoms with Crippen LogP contribution >= 0.6 is 0 Å². The number of rotatable bonds is 7. The quantitative estimate of drug-likeness (QED) is 0.804. The summed E-state index contributed by atoms with van der Waals surface area (Å²) in [7, 11) is 0. The van der Waals surface area contributed by atoms with E-state index in [1.807, 2.05) is 0 Å². The molecule has 2 atom stereocenters. The van der Waals surface area contributed by atoms with Crippen molar-refractivity contribution < 1.29 is 19.1 Å². The molecule has 0 aliphatic carbocycles. The van der Waals surface area contributed by atoms with Crippen LogP contribution in [-0.2, 0) is 9.63 Å². The van der Waals surface area contributed by atoms with E-state index in [0.717, 1.165) is 43.6 Å². The number of carboxylic acid groups (broad SMARTS) is 1. The summed E-state index contributed by atoms with van der Waals surface area (Å²) >= 11 is 0. The molecule has 1 aromatic carbocycles. The van der Waals surface area contributed by atoms with Gasteiger partial charge in [-0.3, -0.25) is 4.79 Å². The van der Waals surface area contributed by atoms with E-state index in [0.29, 0.717) is 25.8 Å². The lowest BCUT2D eigenvalue weighted by atomic mass is 9.74. The summed E-state index contributed by atoms with van der Waals surface area (Å²) in [5, 5.41) is 14.1. The van der Waals surface area contributed by atoms with Gasteiger partial charge in [0.2, 0.25) is 0 Å². The first-order valence-electron chi connectivity index (χ1n) is 9.47. The molecule has 0 unspecified atom stereocenters. The van der Waals surface area contributed by atoms with E-state index in [-0.39, 0.29) is 11.9 Å². The van der Waals surface area contributed by atoms with Gasteiger partial charge in [-0.2, -0.15) is 0 Å². The highest BCUT2D eigenvalue weighted by Crippen LogP contribution is 2.38. The summed E-state index contributed by atoms with van der Waals surface area (Å²) in [4.78, 5) is 19.9. The Morgan fingerprint density at radius 2 is 2.19 bits per heavy atom. The lowest BCUT2D eigenvalue weighted by molar-refractivity contribution is -0.155. The second kappa shape index (κ2) is 8.16. The van der Waals surface area contributed by atoms with Gasteiger partial charge in [0.1, 0.15) is 11.9 Å². The van der Waals surface area contributed by atoms with Crippen molar-refractivity contribution in [2.24, 2.45) is 10.6 Å². The lowest BCUT2D eigenvalue weighted by Gasteiger charge is -2.40. The molecule has 0 amide bonds. The van der Waals surface area contributed by atoms with Gasteiger partial charge >= 0.3 is 5.97 Å². The number of hydrogen-bond donors (Lipinski definition) is 1. The van der Waals surface area contributed by atoms with E-state index >= 15 is 0 Å². The second-order valence-corrected chi connectivity index (χ2v) is 7.50. The SMILES string of the molecule is CCCCN1CCC[C@@](C[C@H]2CC(c3ccc(F)cc3)=NO2)(C(=O)O)C1. The number of halogens is 1. The highest BCUT2D eigenvalue weighted by molar-refractivity contribution is 6.01. The molecular formula is C20H27FN2O3. The fourth-order valence-corrected chi connectivity index (χ4v) is 4.01. The summed E-state index contributed by atoms with van der Waals surface area (Å²) in [5.41, 5.74) is 0.811. The normalized spacial score (nSPS) is 26.4. The van der Waals surface area contributed by atoms with E-state index in [1.165, 1.54) is 12.1 Å². The van der Waals surface area contributed by atoms with E-state index in [9.17, 15) is 14.3 Å². The second-order valence-electron chi connectivity index (χ2n) is 7.50. The third-order valence-corrected chi connectivity index (χ3v) is 5.47. The maximum Gasteiger partial charge on any atom is 0.311 e. The van der Waals surface area contributed by atoms with Crippen molar-refractivity contribution in [2.45, 2.75) is 51.6 Å². The average Bonchev–Trinajstić information content (AvgIpc) is 3.09. The zero-order valence-corrected chi connectivity index (χ0v) is 15.3. The van der Waals surface area contributed by atoms with Crippen LogP contribution in [0.15, 0.2) is 29.4 Å². The molecule has 1 N–H and O–H groups in total. The number of hydrogen-bond acceptors (Lipinski definition) is 4. The molecule has 142 valence electrons. The number of nitrogens with zero attached hydrogens (tertiary/aromatic N) is 2. The monoisotopic (exact) mass is 362 g/mol. The smallest absolute Gasteiger partial charge is 0.311 e.